The lowest BCUT2D eigenvalue weighted by Gasteiger charge is -2.19. The number of rotatable bonds is 14. The molecular formula is C26H28O13. The fourth-order valence-corrected chi connectivity index (χ4v) is 4.04. The minimum Gasteiger partial charge on any atom is -0.493 e. The van der Waals surface area contributed by atoms with Crippen molar-refractivity contribution in [3.63, 3.8) is 0 Å². The average molecular weight is 548 g/mol. The van der Waals surface area contributed by atoms with Crippen molar-refractivity contribution in [2.45, 2.75) is 13.0 Å². The van der Waals surface area contributed by atoms with Crippen LogP contribution in [0.3, 0.4) is 0 Å². The Labute approximate surface area is 223 Å². The Morgan fingerprint density at radius 1 is 0.821 bits per heavy atom. The Kier molecular flexibility index (Phi) is 9.28. The van der Waals surface area contributed by atoms with Gasteiger partial charge in [0, 0.05) is 23.1 Å². The first kappa shape index (κ1) is 27.8. The van der Waals surface area contributed by atoms with E-state index in [9.17, 15) is 14.4 Å². The van der Waals surface area contributed by atoms with Crippen LogP contribution in [0.4, 0.5) is 0 Å². The summed E-state index contributed by atoms with van der Waals surface area (Å²) in [6.45, 7) is -0.115. The van der Waals surface area contributed by atoms with E-state index in [0.29, 0.717) is 22.6 Å². The molecule has 0 fully saturated rings. The Morgan fingerprint density at radius 2 is 1.44 bits per heavy atom. The SMILES string of the molecule is COC(=O)c1cc(OC)c2c(c1-c1c(COC(=O)COCCOCCC=O)cc(OC)c3c1OCO3)OCO2. The molecule has 2 aromatic rings. The summed E-state index contributed by atoms with van der Waals surface area (Å²) in [4.78, 5) is 35.6. The molecule has 0 spiro atoms. The van der Waals surface area contributed by atoms with Crippen molar-refractivity contribution in [1.82, 2.24) is 0 Å². The number of carbonyl (C=O) groups is 3. The van der Waals surface area contributed by atoms with Gasteiger partial charge in [-0.25, -0.2) is 9.59 Å². The van der Waals surface area contributed by atoms with Crippen molar-refractivity contribution in [2.75, 3.05) is 61.3 Å². The normalized spacial score (nSPS) is 12.7. The summed E-state index contributed by atoms with van der Waals surface area (Å²) in [5, 5.41) is 0. The standard InChI is InChI=1S/C26H28O13/c1-30-17-9-15(11-35-19(28)12-34-8-7-33-6-4-5-27)20(24-22(17)36-13-38-24)21-16(26(29)32-3)10-18(31-2)23-25(21)39-14-37-23/h5,9-10H,4,6-8,11-14H2,1-3H3. The fourth-order valence-electron chi connectivity index (χ4n) is 4.04. The van der Waals surface area contributed by atoms with Gasteiger partial charge < -0.3 is 52.2 Å². The van der Waals surface area contributed by atoms with Crippen LogP contribution in [0.1, 0.15) is 22.3 Å². The van der Waals surface area contributed by atoms with Crippen LogP contribution in [0.2, 0.25) is 0 Å². The molecular weight excluding hydrogens is 520 g/mol. The highest BCUT2D eigenvalue weighted by Gasteiger charge is 2.36. The van der Waals surface area contributed by atoms with Crippen molar-refractivity contribution < 1.29 is 61.8 Å². The quantitative estimate of drug-likeness (QED) is 0.194. The van der Waals surface area contributed by atoms with E-state index in [1.54, 1.807) is 6.07 Å². The lowest BCUT2D eigenvalue weighted by molar-refractivity contribution is -0.150. The molecule has 0 unspecified atom stereocenters. The third-order valence-electron chi connectivity index (χ3n) is 5.75. The average Bonchev–Trinajstić information content (AvgIpc) is 3.64. The first-order valence-corrected chi connectivity index (χ1v) is 11.9. The molecule has 2 aromatic carbocycles. The zero-order valence-electron chi connectivity index (χ0n) is 21.7. The number of hydrogen-bond acceptors (Lipinski definition) is 13. The molecule has 13 nitrogen and oxygen atoms in total. The first-order valence-electron chi connectivity index (χ1n) is 11.9. The number of fused-ring (bicyclic) bond motifs is 2. The number of benzene rings is 2. The number of methoxy groups -OCH3 is 3. The van der Waals surface area contributed by atoms with E-state index in [4.69, 9.17) is 47.4 Å². The summed E-state index contributed by atoms with van der Waals surface area (Å²) in [6.07, 6.45) is 1.04. The van der Waals surface area contributed by atoms with Gasteiger partial charge in [0.25, 0.3) is 0 Å². The molecule has 0 radical (unpaired) electrons. The van der Waals surface area contributed by atoms with Crippen molar-refractivity contribution >= 4 is 18.2 Å². The lowest BCUT2D eigenvalue weighted by atomic mass is 9.92. The second-order valence-corrected chi connectivity index (χ2v) is 8.02. The molecule has 13 heteroatoms. The van der Waals surface area contributed by atoms with Crippen molar-refractivity contribution in [2.24, 2.45) is 0 Å². The van der Waals surface area contributed by atoms with Gasteiger partial charge in [0.05, 0.1) is 46.7 Å². The molecule has 0 N–H and O–H groups in total. The third-order valence-corrected chi connectivity index (χ3v) is 5.75. The van der Waals surface area contributed by atoms with E-state index in [0.717, 1.165) is 6.29 Å². The molecule has 210 valence electrons. The molecule has 0 aliphatic carbocycles. The summed E-state index contributed by atoms with van der Waals surface area (Å²) in [5.74, 6) is 0.377. The molecule has 39 heavy (non-hydrogen) atoms. The van der Waals surface area contributed by atoms with Crippen molar-refractivity contribution in [3.05, 3.63) is 23.3 Å². The van der Waals surface area contributed by atoms with E-state index in [-0.39, 0.29) is 87.2 Å². The Hall–Kier alpha value is -4.23. The highest BCUT2D eigenvalue weighted by molar-refractivity contribution is 6.03. The van der Waals surface area contributed by atoms with Crippen LogP contribution in [-0.2, 0) is 35.1 Å². The molecule has 2 aliphatic rings. The second-order valence-electron chi connectivity index (χ2n) is 8.02. The molecule has 0 atom stereocenters. The minimum absolute atomic E-state index is 0.103. The molecule has 0 aromatic heterocycles. The minimum atomic E-state index is -0.670. The Morgan fingerprint density at radius 3 is 2.08 bits per heavy atom. The number of carbonyl (C=O) groups excluding carboxylic acids is 3. The zero-order chi connectivity index (χ0) is 27.8. The van der Waals surface area contributed by atoms with E-state index in [1.165, 1.54) is 27.4 Å². The van der Waals surface area contributed by atoms with Gasteiger partial charge in [0.2, 0.25) is 25.1 Å². The van der Waals surface area contributed by atoms with Crippen LogP contribution in [0, 0.1) is 0 Å². The number of aldehydes is 1. The van der Waals surface area contributed by atoms with E-state index in [1.807, 2.05) is 0 Å². The number of ether oxygens (including phenoxy) is 10. The monoisotopic (exact) mass is 548 g/mol. The van der Waals surface area contributed by atoms with Crippen LogP contribution in [0.15, 0.2) is 12.1 Å². The molecule has 0 amide bonds. The van der Waals surface area contributed by atoms with Gasteiger partial charge in [0.15, 0.2) is 23.0 Å². The number of esters is 2. The first-order chi connectivity index (χ1) is 19.0. The lowest BCUT2D eigenvalue weighted by Crippen LogP contribution is -2.16. The van der Waals surface area contributed by atoms with Gasteiger partial charge >= 0.3 is 11.9 Å². The molecule has 2 heterocycles. The Balaban J connectivity index is 1.67. The maximum absolute atomic E-state index is 12.9. The van der Waals surface area contributed by atoms with E-state index >= 15 is 0 Å². The van der Waals surface area contributed by atoms with Gasteiger partial charge in [-0.2, -0.15) is 0 Å². The van der Waals surface area contributed by atoms with Gasteiger partial charge in [0.1, 0.15) is 19.5 Å². The van der Waals surface area contributed by atoms with Crippen molar-refractivity contribution in [1.29, 1.82) is 0 Å². The molecule has 0 bridgehead atoms. The summed E-state index contributed by atoms with van der Waals surface area (Å²) in [7, 11) is 4.14. The summed E-state index contributed by atoms with van der Waals surface area (Å²) >= 11 is 0. The highest BCUT2D eigenvalue weighted by atomic mass is 16.7. The van der Waals surface area contributed by atoms with Gasteiger partial charge in [-0.05, 0) is 12.1 Å². The summed E-state index contributed by atoms with van der Waals surface area (Å²) in [6, 6.07) is 3.09. The van der Waals surface area contributed by atoms with E-state index < -0.39 is 11.9 Å². The van der Waals surface area contributed by atoms with Crippen LogP contribution < -0.4 is 28.4 Å². The zero-order valence-corrected chi connectivity index (χ0v) is 21.7. The Bertz CT molecular complexity index is 1220. The number of hydrogen-bond donors (Lipinski definition) is 0. The third kappa shape index (κ3) is 5.94. The highest BCUT2D eigenvalue weighted by Crippen LogP contribution is 2.56. The fraction of sp³-hybridized carbons (Fsp3) is 0.423. The van der Waals surface area contributed by atoms with E-state index in [2.05, 4.69) is 0 Å². The maximum atomic E-state index is 12.9. The maximum Gasteiger partial charge on any atom is 0.338 e. The second kappa shape index (κ2) is 13.0. The largest absolute Gasteiger partial charge is 0.493 e. The summed E-state index contributed by atoms with van der Waals surface area (Å²) in [5.41, 5.74) is 1.18. The van der Waals surface area contributed by atoms with Gasteiger partial charge in [-0.15, -0.1) is 0 Å². The van der Waals surface area contributed by atoms with Crippen LogP contribution in [0.5, 0.6) is 34.5 Å². The molecule has 2 aliphatic heterocycles. The predicted molar refractivity (Wildman–Crippen MR) is 131 cm³/mol. The van der Waals surface area contributed by atoms with Crippen molar-refractivity contribution in [3.8, 4) is 45.6 Å². The topological polar surface area (TPSA) is 144 Å². The predicted octanol–water partition coefficient (Wildman–Crippen LogP) is 2.28. The van der Waals surface area contributed by atoms with Crippen LogP contribution in [-0.4, -0.2) is 79.6 Å². The molecule has 0 saturated heterocycles. The van der Waals surface area contributed by atoms with Crippen LogP contribution >= 0.6 is 0 Å². The molecule has 4 rings (SSSR count). The van der Waals surface area contributed by atoms with Crippen LogP contribution in [0.25, 0.3) is 11.1 Å². The van der Waals surface area contributed by atoms with Gasteiger partial charge in [-0.1, -0.05) is 0 Å². The molecule has 0 saturated carbocycles. The van der Waals surface area contributed by atoms with Gasteiger partial charge in [-0.3, -0.25) is 0 Å². The summed E-state index contributed by atoms with van der Waals surface area (Å²) < 4.78 is 54.6. The smallest absolute Gasteiger partial charge is 0.338 e.